The molecule has 1 aliphatic carbocycles. The Bertz CT molecular complexity index is 1270. The largest absolute Gasteiger partial charge is 0.301 e. The van der Waals surface area contributed by atoms with Crippen molar-refractivity contribution in [2.24, 2.45) is 5.10 Å². The molecule has 0 bridgehead atoms. The molecule has 0 atom stereocenters. The van der Waals surface area contributed by atoms with Gasteiger partial charge in [-0.3, -0.25) is 35.8 Å². The number of hydrogen-bond acceptors (Lipinski definition) is 8. The van der Waals surface area contributed by atoms with Crippen molar-refractivity contribution in [1.82, 2.24) is 0 Å². The topological polar surface area (TPSA) is 154 Å². The van der Waals surface area contributed by atoms with Gasteiger partial charge >= 0.3 is 5.69 Å². The molecule has 0 radical (unpaired) electrons. The van der Waals surface area contributed by atoms with Gasteiger partial charge in [0, 0.05) is 29.3 Å². The first-order valence-electron chi connectivity index (χ1n) is 8.52. The highest BCUT2D eigenvalue weighted by atomic mass is 16.6. The summed E-state index contributed by atoms with van der Waals surface area (Å²) < 4.78 is 0. The zero-order valence-corrected chi connectivity index (χ0v) is 15.0. The van der Waals surface area contributed by atoms with Gasteiger partial charge in [0.25, 0.3) is 11.4 Å². The Morgan fingerprint density at radius 3 is 1.93 bits per heavy atom. The number of anilines is 1. The number of benzene rings is 3. The molecule has 3 aromatic rings. The summed E-state index contributed by atoms with van der Waals surface area (Å²) in [5.74, 6) is 0. The average molecular weight is 405 g/mol. The van der Waals surface area contributed by atoms with Gasteiger partial charge in [0.1, 0.15) is 5.69 Å². The highest BCUT2D eigenvalue weighted by Crippen LogP contribution is 2.39. The number of nitrogens with zero attached hydrogens (tertiary/aromatic N) is 4. The first kappa shape index (κ1) is 18.7. The van der Waals surface area contributed by atoms with Crippen LogP contribution in [0.4, 0.5) is 22.7 Å². The fraction of sp³-hybridized carbons (Fsp3) is 0. The minimum absolute atomic E-state index is 0.0468. The fourth-order valence-electron chi connectivity index (χ4n) is 3.26. The number of rotatable bonds is 5. The van der Waals surface area contributed by atoms with Crippen LogP contribution < -0.4 is 5.43 Å². The van der Waals surface area contributed by atoms with Crippen LogP contribution in [0.5, 0.6) is 0 Å². The number of nitrogens with one attached hydrogen (secondary N) is 1. The molecule has 0 saturated carbocycles. The molecule has 3 aromatic carbocycles. The summed E-state index contributed by atoms with van der Waals surface area (Å²) in [4.78, 5) is 31.4. The smallest absolute Gasteiger partial charge is 0.271 e. The first-order valence-corrected chi connectivity index (χ1v) is 8.52. The van der Waals surface area contributed by atoms with Gasteiger partial charge < -0.3 is 0 Å². The quantitative estimate of drug-likeness (QED) is 0.384. The summed E-state index contributed by atoms with van der Waals surface area (Å²) in [6.07, 6.45) is 0. The van der Waals surface area contributed by atoms with Crippen molar-refractivity contribution in [2.45, 2.75) is 0 Å². The number of non-ortho nitro benzene ring substituents is 2. The van der Waals surface area contributed by atoms with E-state index in [1.165, 1.54) is 18.2 Å². The number of hydrazone groups is 1. The molecule has 148 valence electrons. The van der Waals surface area contributed by atoms with Crippen LogP contribution in [0.2, 0.25) is 0 Å². The van der Waals surface area contributed by atoms with Crippen LogP contribution >= 0.6 is 0 Å². The lowest BCUT2D eigenvalue weighted by Gasteiger charge is -2.05. The van der Waals surface area contributed by atoms with E-state index in [-0.39, 0.29) is 11.4 Å². The van der Waals surface area contributed by atoms with Gasteiger partial charge in [-0.15, -0.1) is 0 Å². The molecule has 0 aliphatic heterocycles. The Kier molecular flexibility index (Phi) is 4.39. The molecular formula is C19H11N5O6. The molecule has 1 aliphatic rings. The second kappa shape index (κ2) is 7.05. The SMILES string of the molecule is O=[N+]([O-])c1ccc2c(c1)/C(=N\Nc1ccc([N+](=O)[O-])cc1[N+](=O)[O-])c1ccccc1-2. The third-order valence-electron chi connectivity index (χ3n) is 4.62. The zero-order valence-electron chi connectivity index (χ0n) is 15.0. The minimum atomic E-state index is -0.753. The average Bonchev–Trinajstić information content (AvgIpc) is 3.05. The molecule has 0 amide bonds. The van der Waals surface area contributed by atoms with E-state index in [1.807, 2.05) is 12.1 Å². The molecule has 4 rings (SSSR count). The van der Waals surface area contributed by atoms with Gasteiger partial charge in [0.05, 0.1) is 26.5 Å². The molecule has 0 saturated heterocycles. The maximum absolute atomic E-state index is 11.3. The van der Waals surface area contributed by atoms with E-state index in [0.717, 1.165) is 23.3 Å². The van der Waals surface area contributed by atoms with Gasteiger partial charge in [-0.2, -0.15) is 5.10 Å². The first-order chi connectivity index (χ1) is 14.4. The summed E-state index contributed by atoms with van der Waals surface area (Å²) >= 11 is 0. The van der Waals surface area contributed by atoms with Crippen molar-refractivity contribution in [2.75, 3.05) is 5.43 Å². The fourth-order valence-corrected chi connectivity index (χ4v) is 3.26. The number of nitro benzene ring substituents is 3. The van der Waals surface area contributed by atoms with Crippen molar-refractivity contribution in [1.29, 1.82) is 0 Å². The van der Waals surface area contributed by atoms with E-state index in [9.17, 15) is 30.3 Å². The Morgan fingerprint density at radius 1 is 0.667 bits per heavy atom. The van der Waals surface area contributed by atoms with E-state index in [4.69, 9.17) is 0 Å². The monoisotopic (exact) mass is 405 g/mol. The van der Waals surface area contributed by atoms with Crippen molar-refractivity contribution in [3.8, 4) is 11.1 Å². The lowest BCUT2D eigenvalue weighted by atomic mass is 10.1. The van der Waals surface area contributed by atoms with Crippen molar-refractivity contribution < 1.29 is 14.8 Å². The van der Waals surface area contributed by atoms with Gasteiger partial charge in [-0.1, -0.05) is 24.3 Å². The van der Waals surface area contributed by atoms with Crippen LogP contribution in [0.3, 0.4) is 0 Å². The number of nitro groups is 3. The Morgan fingerprint density at radius 2 is 1.27 bits per heavy atom. The van der Waals surface area contributed by atoms with E-state index in [0.29, 0.717) is 16.8 Å². The van der Waals surface area contributed by atoms with E-state index in [1.54, 1.807) is 18.2 Å². The standard InChI is InChI=1S/C19H11N5O6/c25-22(26)11-5-7-14-13-3-1-2-4-15(13)19(16(14)9-11)21-20-17-8-6-12(23(27)28)10-18(17)24(29)30/h1-10,20H/b21-19-. The zero-order chi connectivity index (χ0) is 21.4. The van der Waals surface area contributed by atoms with Crippen LogP contribution in [-0.2, 0) is 0 Å². The maximum atomic E-state index is 11.3. The van der Waals surface area contributed by atoms with Crippen LogP contribution in [0.15, 0.2) is 65.8 Å². The molecule has 30 heavy (non-hydrogen) atoms. The second-order valence-corrected chi connectivity index (χ2v) is 6.32. The third-order valence-corrected chi connectivity index (χ3v) is 4.62. The Balaban J connectivity index is 1.82. The van der Waals surface area contributed by atoms with E-state index >= 15 is 0 Å². The molecule has 0 heterocycles. The normalized spacial score (nSPS) is 12.9. The summed E-state index contributed by atoms with van der Waals surface area (Å²) in [5.41, 5.74) is 4.63. The van der Waals surface area contributed by atoms with Crippen LogP contribution in [0.25, 0.3) is 11.1 Å². The van der Waals surface area contributed by atoms with Gasteiger partial charge in [0.15, 0.2) is 0 Å². The van der Waals surface area contributed by atoms with Crippen molar-refractivity contribution in [3.63, 3.8) is 0 Å². The summed E-state index contributed by atoms with van der Waals surface area (Å²) in [6.45, 7) is 0. The highest BCUT2D eigenvalue weighted by molar-refractivity contribution is 6.24. The molecule has 1 N–H and O–H groups in total. The maximum Gasteiger partial charge on any atom is 0.301 e. The molecule has 0 aromatic heterocycles. The molecule has 0 spiro atoms. The molecule has 0 fully saturated rings. The Labute approximate surface area is 167 Å². The lowest BCUT2D eigenvalue weighted by molar-refractivity contribution is -0.393. The molecular weight excluding hydrogens is 394 g/mol. The van der Waals surface area contributed by atoms with Gasteiger partial charge in [0.2, 0.25) is 0 Å². The molecule has 11 nitrogen and oxygen atoms in total. The van der Waals surface area contributed by atoms with Crippen LogP contribution in [0.1, 0.15) is 11.1 Å². The van der Waals surface area contributed by atoms with Crippen LogP contribution in [0, 0.1) is 30.3 Å². The van der Waals surface area contributed by atoms with Crippen molar-refractivity contribution in [3.05, 3.63) is 102 Å². The third kappa shape index (κ3) is 3.09. The van der Waals surface area contributed by atoms with Gasteiger partial charge in [-0.05, 0) is 23.3 Å². The molecule has 0 unspecified atom stereocenters. The summed E-state index contributed by atoms with van der Waals surface area (Å²) in [7, 11) is 0. The number of hydrogen-bond donors (Lipinski definition) is 1. The predicted octanol–water partition coefficient (Wildman–Crippen LogP) is 4.26. The second-order valence-electron chi connectivity index (χ2n) is 6.32. The van der Waals surface area contributed by atoms with Crippen LogP contribution in [-0.4, -0.2) is 20.5 Å². The predicted molar refractivity (Wildman–Crippen MR) is 108 cm³/mol. The number of fused-ring (bicyclic) bond motifs is 3. The lowest BCUT2D eigenvalue weighted by Crippen LogP contribution is -2.05. The Hall–Kier alpha value is -4.67. The van der Waals surface area contributed by atoms with Gasteiger partial charge in [-0.25, -0.2) is 0 Å². The van der Waals surface area contributed by atoms with E-state index < -0.39 is 26.1 Å². The summed E-state index contributed by atoms with van der Waals surface area (Å²) in [5, 5.41) is 37.7. The van der Waals surface area contributed by atoms with Crippen molar-refractivity contribution >= 4 is 28.5 Å². The minimum Gasteiger partial charge on any atom is -0.271 e. The molecule has 11 heteroatoms. The van der Waals surface area contributed by atoms with E-state index in [2.05, 4.69) is 10.5 Å². The highest BCUT2D eigenvalue weighted by Gasteiger charge is 2.27. The summed E-state index contributed by atoms with van der Waals surface area (Å²) in [6, 6.07) is 14.8.